The minimum absolute atomic E-state index is 0.352. The number of hydrogen-bond donors (Lipinski definition) is 3. The van der Waals surface area contributed by atoms with E-state index in [4.69, 9.17) is 5.11 Å². The molecule has 0 amide bonds. The predicted octanol–water partition coefficient (Wildman–Crippen LogP) is -1.64. The van der Waals surface area contributed by atoms with Gasteiger partial charge in [0, 0.05) is 6.04 Å². The van der Waals surface area contributed by atoms with Gasteiger partial charge in [-0.1, -0.05) is 0 Å². The second-order valence-corrected chi connectivity index (χ2v) is 5.80. The molecule has 5 nitrogen and oxygen atoms in total. The molecule has 15 heavy (non-hydrogen) atoms. The normalized spacial score (nSPS) is 30.7. The molecule has 0 aromatic rings. The second kappa shape index (κ2) is 4.28. The second-order valence-electron chi connectivity index (χ2n) is 3.65. The Bertz CT molecular complexity index is 319. The fourth-order valence-corrected chi connectivity index (χ4v) is 3.14. The first-order chi connectivity index (χ1) is 6.76. The summed E-state index contributed by atoms with van der Waals surface area (Å²) in [6.07, 6.45) is -1.16. The lowest BCUT2D eigenvalue weighted by molar-refractivity contribution is -0.0508. The first kappa shape index (κ1) is 12.8. The number of halogens is 2. The molecule has 2 unspecified atom stereocenters. The average Bonchev–Trinajstić information content (AvgIpc) is 2.36. The lowest BCUT2D eigenvalue weighted by Crippen LogP contribution is -2.46. The molecule has 2 atom stereocenters. The third kappa shape index (κ3) is 3.63. The molecular weight excluding hydrogens is 232 g/mol. The van der Waals surface area contributed by atoms with Crippen molar-refractivity contribution in [2.75, 3.05) is 24.7 Å². The van der Waals surface area contributed by atoms with Crippen LogP contribution in [-0.4, -0.2) is 61.4 Å². The van der Waals surface area contributed by atoms with Crippen LogP contribution >= 0.6 is 0 Å². The molecule has 0 aromatic carbocycles. The number of sulfone groups is 1. The topological polar surface area (TPSA) is 86.6 Å². The van der Waals surface area contributed by atoms with Gasteiger partial charge in [0.15, 0.2) is 9.84 Å². The van der Waals surface area contributed by atoms with Gasteiger partial charge in [0.05, 0.1) is 24.2 Å². The molecule has 0 aromatic heterocycles. The van der Waals surface area contributed by atoms with E-state index in [-0.39, 0.29) is 5.75 Å². The third-order valence-electron chi connectivity index (χ3n) is 2.18. The van der Waals surface area contributed by atoms with Gasteiger partial charge in [-0.25, -0.2) is 17.2 Å². The molecule has 1 heterocycles. The number of rotatable bonds is 4. The van der Waals surface area contributed by atoms with Crippen LogP contribution in [0.3, 0.4) is 0 Å². The fraction of sp³-hybridized carbons (Fsp3) is 1.00. The Morgan fingerprint density at radius 3 is 2.40 bits per heavy atom. The third-order valence-corrected chi connectivity index (χ3v) is 3.89. The maximum absolute atomic E-state index is 12.6. The molecule has 8 heteroatoms. The van der Waals surface area contributed by atoms with E-state index in [1.165, 1.54) is 0 Å². The van der Waals surface area contributed by atoms with Crippen molar-refractivity contribution in [3.05, 3.63) is 0 Å². The van der Waals surface area contributed by atoms with Gasteiger partial charge in [-0.15, -0.1) is 0 Å². The molecule has 90 valence electrons. The van der Waals surface area contributed by atoms with E-state index in [1.54, 1.807) is 0 Å². The van der Waals surface area contributed by atoms with E-state index >= 15 is 0 Å². The highest BCUT2D eigenvalue weighted by Gasteiger charge is 2.38. The lowest BCUT2D eigenvalue weighted by Gasteiger charge is -2.19. The quantitative estimate of drug-likeness (QED) is 0.553. The van der Waals surface area contributed by atoms with E-state index < -0.39 is 46.8 Å². The summed E-state index contributed by atoms with van der Waals surface area (Å²) < 4.78 is 47.2. The molecule has 1 aliphatic rings. The average molecular weight is 245 g/mol. The van der Waals surface area contributed by atoms with Gasteiger partial charge in [-0.2, -0.15) is 0 Å². The van der Waals surface area contributed by atoms with E-state index in [1.807, 2.05) is 0 Å². The van der Waals surface area contributed by atoms with Crippen LogP contribution < -0.4 is 5.32 Å². The number of nitrogens with one attached hydrogen (secondary N) is 1. The van der Waals surface area contributed by atoms with Gasteiger partial charge >= 0.3 is 0 Å². The number of alkyl halides is 2. The van der Waals surface area contributed by atoms with E-state index in [0.29, 0.717) is 0 Å². The first-order valence-corrected chi connectivity index (χ1v) is 6.18. The van der Waals surface area contributed by atoms with E-state index in [9.17, 15) is 22.3 Å². The highest BCUT2D eigenvalue weighted by atomic mass is 32.2. The van der Waals surface area contributed by atoms with Gasteiger partial charge < -0.3 is 15.5 Å². The monoisotopic (exact) mass is 245 g/mol. The van der Waals surface area contributed by atoms with Crippen molar-refractivity contribution in [1.29, 1.82) is 0 Å². The Hall–Kier alpha value is -0.310. The zero-order valence-corrected chi connectivity index (χ0v) is 8.67. The Labute approximate surface area is 86.0 Å². The zero-order chi connectivity index (χ0) is 11.7. The van der Waals surface area contributed by atoms with Crippen LogP contribution in [0.5, 0.6) is 0 Å². The summed E-state index contributed by atoms with van der Waals surface area (Å²) in [7, 11) is -3.34. The van der Waals surface area contributed by atoms with Gasteiger partial charge in [0.25, 0.3) is 5.92 Å². The fourth-order valence-electron chi connectivity index (χ4n) is 1.36. The Morgan fingerprint density at radius 1 is 1.40 bits per heavy atom. The molecule has 0 radical (unpaired) electrons. The van der Waals surface area contributed by atoms with Crippen molar-refractivity contribution in [1.82, 2.24) is 5.32 Å². The van der Waals surface area contributed by atoms with Crippen LogP contribution in [0.2, 0.25) is 0 Å². The lowest BCUT2D eigenvalue weighted by atomic mass is 10.2. The molecule has 3 N–H and O–H groups in total. The molecule has 0 saturated carbocycles. The zero-order valence-electron chi connectivity index (χ0n) is 7.86. The van der Waals surface area contributed by atoms with Crippen LogP contribution in [-0.2, 0) is 9.84 Å². The summed E-state index contributed by atoms with van der Waals surface area (Å²) in [5, 5.41) is 19.7. The minimum Gasteiger partial charge on any atom is -0.390 e. The van der Waals surface area contributed by atoms with E-state index in [0.717, 1.165) is 0 Å². The smallest absolute Gasteiger partial charge is 0.282 e. The Kier molecular flexibility index (Phi) is 3.64. The molecule has 1 saturated heterocycles. The molecule has 0 bridgehead atoms. The molecular formula is C7H13F2NO4S. The molecule has 1 aliphatic heterocycles. The largest absolute Gasteiger partial charge is 0.390 e. The molecule has 1 rings (SSSR count). The van der Waals surface area contributed by atoms with Crippen LogP contribution in [0.4, 0.5) is 8.78 Å². The molecule has 0 spiro atoms. The standard InChI is InChI=1S/C7H13F2NO4S/c8-7(9,4-11)3-10-5-1-15(13,14)2-6(5)12/h5-6,10-12H,1-4H2. The molecule has 0 aliphatic carbocycles. The van der Waals surface area contributed by atoms with Crippen molar-refractivity contribution >= 4 is 9.84 Å². The predicted molar refractivity (Wildman–Crippen MR) is 48.5 cm³/mol. The maximum atomic E-state index is 12.6. The summed E-state index contributed by atoms with van der Waals surface area (Å²) in [6.45, 7) is -2.16. The van der Waals surface area contributed by atoms with Crippen molar-refractivity contribution in [3.8, 4) is 0 Å². The summed E-state index contributed by atoms with van der Waals surface area (Å²) in [5.41, 5.74) is 0. The first-order valence-electron chi connectivity index (χ1n) is 4.36. The summed E-state index contributed by atoms with van der Waals surface area (Å²) in [5.74, 6) is -4.06. The van der Waals surface area contributed by atoms with Crippen molar-refractivity contribution < 1.29 is 27.4 Å². The minimum atomic E-state index is -3.34. The highest BCUT2D eigenvalue weighted by molar-refractivity contribution is 7.91. The van der Waals surface area contributed by atoms with Gasteiger partial charge in [0.2, 0.25) is 0 Å². The van der Waals surface area contributed by atoms with Crippen LogP contribution in [0.25, 0.3) is 0 Å². The molecule has 1 fully saturated rings. The van der Waals surface area contributed by atoms with Crippen LogP contribution in [0.15, 0.2) is 0 Å². The maximum Gasteiger partial charge on any atom is 0.282 e. The van der Waals surface area contributed by atoms with Gasteiger partial charge in [0.1, 0.15) is 6.61 Å². The van der Waals surface area contributed by atoms with Crippen LogP contribution in [0, 0.1) is 0 Å². The number of aliphatic hydroxyl groups excluding tert-OH is 2. The van der Waals surface area contributed by atoms with Crippen LogP contribution in [0.1, 0.15) is 0 Å². The van der Waals surface area contributed by atoms with E-state index in [2.05, 4.69) is 5.32 Å². The summed E-state index contributed by atoms with van der Waals surface area (Å²) in [4.78, 5) is 0. The summed E-state index contributed by atoms with van der Waals surface area (Å²) in [6, 6.07) is -0.882. The SMILES string of the molecule is O=S1(=O)CC(O)C(NCC(F)(F)CO)C1. The van der Waals surface area contributed by atoms with Gasteiger partial charge in [-0.3, -0.25) is 0 Å². The van der Waals surface area contributed by atoms with Gasteiger partial charge in [-0.05, 0) is 0 Å². The highest BCUT2D eigenvalue weighted by Crippen LogP contribution is 2.15. The van der Waals surface area contributed by atoms with Crippen molar-refractivity contribution in [3.63, 3.8) is 0 Å². The number of aliphatic hydroxyl groups is 2. The van der Waals surface area contributed by atoms with Crippen molar-refractivity contribution in [2.24, 2.45) is 0 Å². The Morgan fingerprint density at radius 2 is 2.00 bits per heavy atom. The number of hydrogen-bond acceptors (Lipinski definition) is 5. The van der Waals surface area contributed by atoms with Crippen molar-refractivity contribution in [2.45, 2.75) is 18.1 Å². The summed E-state index contributed by atoms with van der Waals surface area (Å²) >= 11 is 0. The Balaban J connectivity index is 2.48.